The second-order valence-corrected chi connectivity index (χ2v) is 4.24. The molecule has 2 rings (SSSR count). The number of nitrogens with one attached hydrogen (secondary N) is 1. The summed E-state index contributed by atoms with van der Waals surface area (Å²) < 4.78 is 7.05. The highest BCUT2D eigenvalue weighted by Gasteiger charge is 2.42. The molecule has 5 nitrogen and oxygen atoms in total. The van der Waals surface area contributed by atoms with Gasteiger partial charge in [0, 0.05) is 19.1 Å². The Morgan fingerprint density at radius 2 is 2.27 bits per heavy atom. The van der Waals surface area contributed by atoms with Crippen LogP contribution < -0.4 is 10.1 Å². The van der Waals surface area contributed by atoms with Gasteiger partial charge in [-0.15, -0.1) is 0 Å². The van der Waals surface area contributed by atoms with Crippen molar-refractivity contribution in [2.75, 3.05) is 20.2 Å². The van der Waals surface area contributed by atoms with E-state index in [0.717, 1.165) is 5.69 Å². The fourth-order valence-electron chi connectivity index (χ4n) is 1.86. The average molecular weight is 211 g/mol. The second-order valence-electron chi connectivity index (χ2n) is 4.24. The molecule has 0 unspecified atom stereocenters. The smallest absolute Gasteiger partial charge is 0.163 e. The topological polar surface area (TPSA) is 59.3 Å². The normalized spacial score (nSPS) is 19.0. The molecule has 84 valence electrons. The number of aromatic nitrogens is 2. The Morgan fingerprint density at radius 3 is 2.67 bits per heavy atom. The number of rotatable bonds is 3. The molecule has 1 fully saturated rings. The minimum atomic E-state index is -0.827. The van der Waals surface area contributed by atoms with Crippen molar-refractivity contribution in [1.82, 2.24) is 15.1 Å². The summed E-state index contributed by atoms with van der Waals surface area (Å²) in [4.78, 5) is 0. The van der Waals surface area contributed by atoms with Crippen LogP contribution in [0.25, 0.3) is 0 Å². The zero-order chi connectivity index (χ0) is 11.1. The van der Waals surface area contributed by atoms with Gasteiger partial charge in [-0.2, -0.15) is 5.10 Å². The zero-order valence-corrected chi connectivity index (χ0v) is 9.32. The highest BCUT2D eigenvalue weighted by molar-refractivity contribution is 5.33. The molecule has 1 aliphatic heterocycles. The van der Waals surface area contributed by atoms with Crippen LogP contribution in [0.2, 0.25) is 0 Å². The maximum atomic E-state index is 10.3. The monoisotopic (exact) mass is 211 g/mol. The van der Waals surface area contributed by atoms with E-state index in [0.29, 0.717) is 18.8 Å². The van der Waals surface area contributed by atoms with E-state index in [1.54, 1.807) is 13.3 Å². The summed E-state index contributed by atoms with van der Waals surface area (Å²) in [6.45, 7) is 5.18. The molecule has 2 heterocycles. The maximum absolute atomic E-state index is 10.3. The van der Waals surface area contributed by atoms with Crippen LogP contribution in [0.15, 0.2) is 6.20 Å². The second kappa shape index (κ2) is 3.50. The molecule has 0 aromatic carbocycles. The highest BCUT2D eigenvalue weighted by atomic mass is 16.5. The van der Waals surface area contributed by atoms with Crippen LogP contribution in [0.4, 0.5) is 0 Å². The molecule has 0 aliphatic carbocycles. The molecule has 15 heavy (non-hydrogen) atoms. The summed E-state index contributed by atoms with van der Waals surface area (Å²) in [6, 6.07) is 0.216. The lowest BCUT2D eigenvalue weighted by Gasteiger charge is -2.38. The first kappa shape index (κ1) is 10.4. The van der Waals surface area contributed by atoms with E-state index in [9.17, 15) is 5.11 Å². The van der Waals surface area contributed by atoms with Crippen molar-refractivity contribution in [1.29, 1.82) is 0 Å². The van der Waals surface area contributed by atoms with Gasteiger partial charge in [0.25, 0.3) is 0 Å². The number of hydrogen-bond acceptors (Lipinski definition) is 4. The molecule has 0 radical (unpaired) electrons. The van der Waals surface area contributed by atoms with Crippen molar-refractivity contribution in [2.45, 2.75) is 25.5 Å². The first-order valence-corrected chi connectivity index (χ1v) is 5.13. The van der Waals surface area contributed by atoms with Gasteiger partial charge in [-0.1, -0.05) is 0 Å². The van der Waals surface area contributed by atoms with E-state index < -0.39 is 5.60 Å². The van der Waals surface area contributed by atoms with Crippen molar-refractivity contribution in [3.63, 3.8) is 0 Å². The number of ether oxygens (including phenoxy) is 1. The Kier molecular flexibility index (Phi) is 2.44. The standard InChI is InChI=1S/C10H17N3O2/c1-7(2)13-9(8(15-3)4-12-13)10(14)5-11-6-10/h4,7,11,14H,5-6H2,1-3H3. The Bertz CT molecular complexity index is 356. The van der Waals surface area contributed by atoms with Crippen LogP contribution in [0.5, 0.6) is 5.75 Å². The van der Waals surface area contributed by atoms with E-state index in [1.807, 2.05) is 18.5 Å². The van der Waals surface area contributed by atoms with Crippen molar-refractivity contribution < 1.29 is 9.84 Å². The minimum Gasteiger partial charge on any atom is -0.493 e. The lowest BCUT2D eigenvalue weighted by atomic mass is 9.92. The van der Waals surface area contributed by atoms with Crippen LogP contribution in [-0.2, 0) is 5.60 Å². The van der Waals surface area contributed by atoms with Crippen molar-refractivity contribution >= 4 is 0 Å². The number of β-amino-alcohol motifs (C(OH)–C–C–N with tert-alkyl or cyclic N) is 1. The van der Waals surface area contributed by atoms with E-state index in [-0.39, 0.29) is 6.04 Å². The lowest BCUT2D eigenvalue weighted by molar-refractivity contribution is -0.0252. The predicted molar refractivity (Wildman–Crippen MR) is 55.9 cm³/mol. The summed E-state index contributed by atoms with van der Waals surface area (Å²) in [5, 5.41) is 17.6. The van der Waals surface area contributed by atoms with E-state index in [1.165, 1.54) is 0 Å². The van der Waals surface area contributed by atoms with Gasteiger partial charge in [0.1, 0.15) is 11.3 Å². The first-order valence-electron chi connectivity index (χ1n) is 5.13. The van der Waals surface area contributed by atoms with Crippen molar-refractivity contribution in [2.24, 2.45) is 0 Å². The number of aliphatic hydroxyl groups is 1. The van der Waals surface area contributed by atoms with Gasteiger partial charge in [0.05, 0.1) is 13.3 Å². The maximum Gasteiger partial charge on any atom is 0.163 e. The number of hydrogen-bond donors (Lipinski definition) is 2. The third-order valence-corrected chi connectivity index (χ3v) is 2.75. The van der Waals surface area contributed by atoms with E-state index in [2.05, 4.69) is 10.4 Å². The van der Waals surface area contributed by atoms with Crippen LogP contribution in [0, 0.1) is 0 Å². The third kappa shape index (κ3) is 1.52. The molecule has 2 N–H and O–H groups in total. The molecule has 0 atom stereocenters. The number of nitrogens with zero attached hydrogens (tertiary/aromatic N) is 2. The van der Waals surface area contributed by atoms with Crippen LogP contribution in [-0.4, -0.2) is 35.1 Å². The molecule has 0 amide bonds. The third-order valence-electron chi connectivity index (χ3n) is 2.75. The summed E-state index contributed by atoms with van der Waals surface area (Å²) in [5.74, 6) is 0.660. The van der Waals surface area contributed by atoms with Gasteiger partial charge < -0.3 is 15.2 Å². The van der Waals surface area contributed by atoms with Gasteiger partial charge in [-0.05, 0) is 13.8 Å². The van der Waals surface area contributed by atoms with Crippen LogP contribution >= 0.6 is 0 Å². The van der Waals surface area contributed by atoms with Gasteiger partial charge in [0.2, 0.25) is 0 Å². The van der Waals surface area contributed by atoms with Gasteiger partial charge >= 0.3 is 0 Å². The first-order chi connectivity index (χ1) is 7.08. The molecule has 1 aromatic heterocycles. The van der Waals surface area contributed by atoms with E-state index >= 15 is 0 Å². The minimum absolute atomic E-state index is 0.216. The molecule has 0 bridgehead atoms. The number of methoxy groups -OCH3 is 1. The summed E-state index contributed by atoms with van der Waals surface area (Å²) in [6.07, 6.45) is 1.66. The Labute approximate surface area is 89.0 Å². The molecular formula is C10H17N3O2. The Hall–Kier alpha value is -1.07. The Balaban J connectivity index is 2.45. The van der Waals surface area contributed by atoms with Crippen molar-refractivity contribution in [3.05, 3.63) is 11.9 Å². The molecule has 5 heteroatoms. The van der Waals surface area contributed by atoms with Gasteiger partial charge in [0.15, 0.2) is 5.75 Å². The zero-order valence-electron chi connectivity index (χ0n) is 9.32. The van der Waals surface area contributed by atoms with Gasteiger partial charge in [-0.25, -0.2) is 0 Å². The van der Waals surface area contributed by atoms with Crippen LogP contribution in [0.3, 0.4) is 0 Å². The molecule has 0 spiro atoms. The molecular weight excluding hydrogens is 194 g/mol. The molecule has 1 saturated heterocycles. The molecule has 0 saturated carbocycles. The predicted octanol–water partition coefficient (Wildman–Crippen LogP) is 0.263. The quantitative estimate of drug-likeness (QED) is 0.753. The summed E-state index contributed by atoms with van der Waals surface area (Å²) in [5.41, 5.74) is -0.0506. The van der Waals surface area contributed by atoms with E-state index in [4.69, 9.17) is 4.74 Å². The summed E-state index contributed by atoms with van der Waals surface area (Å²) in [7, 11) is 1.60. The van der Waals surface area contributed by atoms with Crippen LogP contribution in [0.1, 0.15) is 25.6 Å². The fourth-order valence-corrected chi connectivity index (χ4v) is 1.86. The van der Waals surface area contributed by atoms with Crippen molar-refractivity contribution in [3.8, 4) is 5.75 Å². The largest absolute Gasteiger partial charge is 0.493 e. The molecule has 1 aromatic rings. The fraction of sp³-hybridized carbons (Fsp3) is 0.700. The highest BCUT2D eigenvalue weighted by Crippen LogP contribution is 2.34. The Morgan fingerprint density at radius 1 is 1.60 bits per heavy atom. The SMILES string of the molecule is COc1cnn(C(C)C)c1C1(O)CNC1. The van der Waals surface area contributed by atoms with Gasteiger partial charge in [-0.3, -0.25) is 4.68 Å². The molecule has 1 aliphatic rings. The summed E-state index contributed by atoms with van der Waals surface area (Å²) >= 11 is 0. The average Bonchev–Trinajstić information content (AvgIpc) is 2.57. The lowest BCUT2D eigenvalue weighted by Crippen LogP contribution is -2.57.